The number of hydrogen-bond donors (Lipinski definition) is 2. The van der Waals surface area contributed by atoms with E-state index in [9.17, 15) is 13.2 Å². The Morgan fingerprint density at radius 3 is 2.96 bits per heavy atom. The molecule has 26 heavy (non-hydrogen) atoms. The first-order chi connectivity index (χ1) is 12.4. The number of nitrogens with one attached hydrogen (secondary N) is 1. The molecule has 10 nitrogen and oxygen atoms in total. The van der Waals surface area contributed by atoms with Crippen LogP contribution in [0.3, 0.4) is 0 Å². The summed E-state index contributed by atoms with van der Waals surface area (Å²) in [6.07, 6.45) is 2.77. The van der Waals surface area contributed by atoms with Crippen LogP contribution in [0.15, 0.2) is 30.7 Å². The van der Waals surface area contributed by atoms with Gasteiger partial charge in [0.2, 0.25) is 10.0 Å². The molecule has 1 aromatic heterocycles. The van der Waals surface area contributed by atoms with Crippen LogP contribution < -0.4 is 10.6 Å². The van der Waals surface area contributed by atoms with Crippen LogP contribution in [0.2, 0.25) is 0 Å². The third-order valence-electron chi connectivity index (χ3n) is 4.12. The first kappa shape index (κ1) is 18.6. The first-order valence-corrected chi connectivity index (χ1v) is 9.45. The number of nitrogens with zero attached hydrogens (tertiary/aromatic N) is 3. The number of rotatable bonds is 4. The average Bonchev–Trinajstić information content (AvgIpc) is 2.83. The monoisotopic (exact) mass is 381 g/mol. The van der Waals surface area contributed by atoms with Crippen molar-refractivity contribution in [2.75, 3.05) is 20.2 Å². The van der Waals surface area contributed by atoms with Crippen molar-refractivity contribution in [1.29, 1.82) is 0 Å². The molecule has 3 rings (SSSR count). The number of hydroxylamine groups is 1. The Morgan fingerprint density at radius 1 is 1.42 bits per heavy atom. The number of benzene rings is 1. The lowest BCUT2D eigenvalue weighted by Gasteiger charge is -2.22. The first-order valence-electron chi connectivity index (χ1n) is 7.84. The SMILES string of the molecule is COC1CC(S(N)(=O)=O)CNN(OC(=O)c2ccc3cncnc3c2)C1. The molecule has 1 saturated heterocycles. The average molecular weight is 381 g/mol. The van der Waals surface area contributed by atoms with E-state index in [2.05, 4.69) is 15.4 Å². The molecule has 0 aliphatic carbocycles. The molecule has 3 N–H and O–H groups in total. The van der Waals surface area contributed by atoms with E-state index in [1.807, 2.05) is 0 Å². The molecule has 1 aliphatic rings. The van der Waals surface area contributed by atoms with Crippen LogP contribution in [-0.4, -0.2) is 61.1 Å². The molecule has 2 aromatic rings. The number of carbonyl (C=O) groups is 1. The second kappa shape index (κ2) is 7.60. The highest BCUT2D eigenvalue weighted by molar-refractivity contribution is 7.89. The molecule has 0 spiro atoms. The second-order valence-electron chi connectivity index (χ2n) is 5.90. The van der Waals surface area contributed by atoms with Crippen LogP contribution in [0.1, 0.15) is 16.8 Å². The molecule has 2 heterocycles. The maximum atomic E-state index is 12.4. The van der Waals surface area contributed by atoms with E-state index >= 15 is 0 Å². The summed E-state index contributed by atoms with van der Waals surface area (Å²) >= 11 is 0. The third kappa shape index (κ3) is 4.31. The Morgan fingerprint density at radius 2 is 2.23 bits per heavy atom. The molecule has 0 saturated carbocycles. The summed E-state index contributed by atoms with van der Waals surface area (Å²) in [7, 11) is -2.29. The summed E-state index contributed by atoms with van der Waals surface area (Å²) in [6.45, 7) is 0.168. The van der Waals surface area contributed by atoms with Gasteiger partial charge in [-0.2, -0.15) is 0 Å². The summed E-state index contributed by atoms with van der Waals surface area (Å²) in [5.74, 6) is -0.609. The van der Waals surface area contributed by atoms with Gasteiger partial charge in [0.25, 0.3) is 0 Å². The molecular formula is C15H19N5O5S. The number of hydrazine groups is 1. The van der Waals surface area contributed by atoms with Gasteiger partial charge in [0.15, 0.2) is 0 Å². The van der Waals surface area contributed by atoms with Gasteiger partial charge in [0, 0.05) is 25.2 Å². The van der Waals surface area contributed by atoms with Crippen molar-refractivity contribution in [2.24, 2.45) is 5.14 Å². The number of hydrogen-bond acceptors (Lipinski definition) is 9. The molecule has 1 fully saturated rings. The molecular weight excluding hydrogens is 362 g/mol. The Labute approximate surface area is 150 Å². The Hall–Kier alpha value is -2.18. The lowest BCUT2D eigenvalue weighted by Crippen LogP contribution is -2.44. The minimum absolute atomic E-state index is 0.0108. The van der Waals surface area contributed by atoms with E-state index in [1.54, 1.807) is 24.4 Å². The van der Waals surface area contributed by atoms with Gasteiger partial charge in [-0.15, -0.1) is 0 Å². The second-order valence-corrected chi connectivity index (χ2v) is 7.75. The fraction of sp³-hybridized carbons (Fsp3) is 0.400. The smallest absolute Gasteiger partial charge is 0.358 e. The van der Waals surface area contributed by atoms with Gasteiger partial charge in [-0.05, 0) is 18.6 Å². The quantitative estimate of drug-likeness (QED) is 0.723. The van der Waals surface area contributed by atoms with Crippen LogP contribution in [0, 0.1) is 0 Å². The number of aromatic nitrogens is 2. The van der Waals surface area contributed by atoms with E-state index in [0.717, 1.165) is 5.39 Å². The molecule has 0 radical (unpaired) electrons. The third-order valence-corrected chi connectivity index (χ3v) is 5.41. The molecule has 1 aliphatic heterocycles. The zero-order chi connectivity index (χ0) is 18.7. The molecule has 11 heteroatoms. The predicted octanol–water partition coefficient (Wildman–Crippen LogP) is -0.416. The van der Waals surface area contributed by atoms with Gasteiger partial charge in [-0.25, -0.2) is 33.7 Å². The summed E-state index contributed by atoms with van der Waals surface area (Å²) in [5, 5.41) is 6.36. The summed E-state index contributed by atoms with van der Waals surface area (Å²) < 4.78 is 28.5. The van der Waals surface area contributed by atoms with Crippen LogP contribution in [0.5, 0.6) is 0 Å². The highest BCUT2D eigenvalue weighted by atomic mass is 32.2. The minimum atomic E-state index is -3.74. The van der Waals surface area contributed by atoms with Crippen molar-refractivity contribution in [3.63, 3.8) is 0 Å². The lowest BCUT2D eigenvalue weighted by atomic mass is 10.1. The largest absolute Gasteiger partial charge is 0.380 e. The molecule has 1 aromatic carbocycles. The summed E-state index contributed by atoms with van der Waals surface area (Å²) in [4.78, 5) is 25.8. The van der Waals surface area contributed by atoms with Gasteiger partial charge in [-0.3, -0.25) is 0 Å². The number of carbonyl (C=O) groups excluding carboxylic acids is 1. The van der Waals surface area contributed by atoms with Crippen molar-refractivity contribution < 1.29 is 22.8 Å². The van der Waals surface area contributed by atoms with Gasteiger partial charge in [-0.1, -0.05) is 11.2 Å². The van der Waals surface area contributed by atoms with Crippen LogP contribution >= 0.6 is 0 Å². The van der Waals surface area contributed by atoms with E-state index in [-0.39, 0.29) is 19.5 Å². The Bertz CT molecular complexity index is 906. The number of nitrogens with two attached hydrogens (primary N) is 1. The number of sulfonamides is 1. The Kier molecular flexibility index (Phi) is 5.44. The number of methoxy groups -OCH3 is 1. The summed E-state index contributed by atoms with van der Waals surface area (Å²) in [5.41, 5.74) is 3.68. The van der Waals surface area contributed by atoms with Crippen LogP contribution in [0.4, 0.5) is 0 Å². The number of primary sulfonamides is 1. The number of ether oxygens (including phenoxy) is 1. The molecule has 2 unspecified atom stereocenters. The lowest BCUT2D eigenvalue weighted by molar-refractivity contribution is -0.158. The van der Waals surface area contributed by atoms with Crippen molar-refractivity contribution in [2.45, 2.75) is 17.8 Å². The topological polar surface area (TPSA) is 137 Å². The van der Waals surface area contributed by atoms with Crippen molar-refractivity contribution in [3.8, 4) is 0 Å². The van der Waals surface area contributed by atoms with Gasteiger partial charge in [0.05, 0.1) is 29.0 Å². The molecule has 0 amide bonds. The zero-order valence-corrected chi connectivity index (χ0v) is 14.8. The Balaban J connectivity index is 1.73. The zero-order valence-electron chi connectivity index (χ0n) is 14.0. The van der Waals surface area contributed by atoms with E-state index in [4.69, 9.17) is 14.7 Å². The van der Waals surface area contributed by atoms with Gasteiger partial charge < -0.3 is 9.57 Å². The van der Waals surface area contributed by atoms with Crippen molar-refractivity contribution >= 4 is 26.9 Å². The molecule has 140 valence electrons. The predicted molar refractivity (Wildman–Crippen MR) is 92.0 cm³/mol. The van der Waals surface area contributed by atoms with Gasteiger partial charge in [0.1, 0.15) is 6.33 Å². The maximum Gasteiger partial charge on any atom is 0.358 e. The van der Waals surface area contributed by atoms with Crippen LogP contribution in [0.25, 0.3) is 10.9 Å². The van der Waals surface area contributed by atoms with Crippen LogP contribution in [-0.2, 0) is 19.6 Å². The highest BCUT2D eigenvalue weighted by Crippen LogP contribution is 2.16. The fourth-order valence-electron chi connectivity index (χ4n) is 2.65. The minimum Gasteiger partial charge on any atom is -0.380 e. The number of fused-ring (bicyclic) bond motifs is 1. The van der Waals surface area contributed by atoms with E-state index < -0.39 is 27.3 Å². The summed E-state index contributed by atoms with van der Waals surface area (Å²) in [6, 6.07) is 4.92. The maximum absolute atomic E-state index is 12.4. The molecule has 0 bridgehead atoms. The highest BCUT2D eigenvalue weighted by Gasteiger charge is 2.32. The molecule has 2 atom stereocenters. The fourth-order valence-corrected chi connectivity index (χ4v) is 3.44. The van der Waals surface area contributed by atoms with Crippen molar-refractivity contribution in [3.05, 3.63) is 36.3 Å². The van der Waals surface area contributed by atoms with E-state index in [1.165, 1.54) is 18.6 Å². The standard InChI is InChI=1S/C15H19N5O5S/c1-24-12-5-13(26(16,22)23)7-19-20(8-12)25-15(21)10-2-3-11-6-17-9-18-14(11)4-10/h2-4,6,9,12-13,19H,5,7-8H2,1H3,(H2,16,22,23). The van der Waals surface area contributed by atoms with Gasteiger partial charge >= 0.3 is 5.97 Å². The van der Waals surface area contributed by atoms with Crippen molar-refractivity contribution in [1.82, 2.24) is 20.6 Å². The van der Waals surface area contributed by atoms with E-state index in [0.29, 0.717) is 11.1 Å². The normalized spacial score (nSPS) is 22.1.